The van der Waals surface area contributed by atoms with E-state index in [4.69, 9.17) is 0 Å². The Kier molecular flexibility index (Phi) is 4.79. The maximum Gasteiger partial charge on any atom is 0.126 e. The summed E-state index contributed by atoms with van der Waals surface area (Å²) in [6.45, 7) is 11.2. The largest absolute Gasteiger partial charge is 0.307 e. The van der Waals surface area contributed by atoms with E-state index in [2.05, 4.69) is 45.1 Å². The fraction of sp³-hybridized carbons (Fsp3) is 0.368. The third-order valence-electron chi connectivity index (χ3n) is 3.95. The van der Waals surface area contributed by atoms with Gasteiger partial charge in [0.2, 0.25) is 0 Å². The number of rotatable bonds is 4. The maximum atomic E-state index is 13.5. The predicted octanol–water partition coefficient (Wildman–Crippen LogP) is 4.76. The van der Waals surface area contributed by atoms with Gasteiger partial charge in [0.1, 0.15) is 5.82 Å². The second-order valence-electron chi connectivity index (χ2n) is 5.81. The lowest BCUT2D eigenvalue weighted by Gasteiger charge is -2.24. The van der Waals surface area contributed by atoms with Crippen LogP contribution in [0.15, 0.2) is 30.3 Å². The minimum atomic E-state index is -0.147. The highest BCUT2D eigenvalue weighted by atomic mass is 19.1. The molecule has 0 aliphatic carbocycles. The van der Waals surface area contributed by atoms with E-state index < -0.39 is 0 Å². The number of benzene rings is 2. The fourth-order valence-electron chi connectivity index (χ4n) is 3.08. The highest BCUT2D eigenvalue weighted by Gasteiger charge is 2.18. The zero-order valence-electron chi connectivity index (χ0n) is 13.5. The summed E-state index contributed by atoms with van der Waals surface area (Å²) in [5.41, 5.74) is 6.94. The van der Waals surface area contributed by atoms with E-state index in [0.29, 0.717) is 5.56 Å². The van der Waals surface area contributed by atoms with Crippen LogP contribution in [-0.2, 0) is 0 Å². The topological polar surface area (TPSA) is 12.0 Å². The molecule has 1 atom stereocenters. The van der Waals surface area contributed by atoms with Gasteiger partial charge in [-0.1, -0.05) is 36.8 Å². The molecule has 0 heterocycles. The first kappa shape index (κ1) is 15.7. The van der Waals surface area contributed by atoms with Gasteiger partial charge in [-0.3, -0.25) is 0 Å². The first-order valence-corrected chi connectivity index (χ1v) is 7.51. The molecule has 2 heteroatoms. The van der Waals surface area contributed by atoms with Gasteiger partial charge in [-0.15, -0.1) is 0 Å². The normalized spacial score (nSPS) is 12.5. The van der Waals surface area contributed by atoms with Crippen LogP contribution in [0.1, 0.15) is 46.3 Å². The zero-order chi connectivity index (χ0) is 15.6. The van der Waals surface area contributed by atoms with Crippen molar-refractivity contribution in [1.82, 2.24) is 5.32 Å². The van der Waals surface area contributed by atoms with Crippen molar-refractivity contribution in [3.63, 3.8) is 0 Å². The summed E-state index contributed by atoms with van der Waals surface area (Å²) in [6, 6.07) is 9.92. The van der Waals surface area contributed by atoms with Crippen molar-refractivity contribution in [2.45, 2.75) is 40.7 Å². The van der Waals surface area contributed by atoms with Gasteiger partial charge in [-0.2, -0.15) is 0 Å². The number of aryl methyl sites for hydroxylation is 4. The minimum Gasteiger partial charge on any atom is -0.307 e. The average molecular weight is 285 g/mol. The molecule has 2 aromatic rings. The molecule has 0 amide bonds. The molecule has 0 radical (unpaired) electrons. The van der Waals surface area contributed by atoms with Crippen LogP contribution < -0.4 is 5.32 Å². The molecule has 1 N–H and O–H groups in total. The summed E-state index contributed by atoms with van der Waals surface area (Å²) >= 11 is 0. The van der Waals surface area contributed by atoms with Crippen LogP contribution >= 0.6 is 0 Å². The molecular formula is C19H24FN. The second kappa shape index (κ2) is 6.40. The Balaban J connectivity index is 2.55. The van der Waals surface area contributed by atoms with Crippen molar-refractivity contribution in [3.8, 4) is 0 Å². The van der Waals surface area contributed by atoms with Crippen LogP contribution in [0.25, 0.3) is 0 Å². The molecular weight excluding hydrogens is 261 g/mol. The standard InChI is InChI=1S/C19H24FN/c1-6-21-19(16-7-8-17(20)13(3)11-16)18-14(4)9-12(2)10-15(18)5/h7-11,19,21H,6H2,1-5H3. The third kappa shape index (κ3) is 3.33. The monoisotopic (exact) mass is 285 g/mol. The van der Waals surface area contributed by atoms with Crippen LogP contribution in [0.4, 0.5) is 4.39 Å². The summed E-state index contributed by atoms with van der Waals surface area (Å²) < 4.78 is 13.5. The van der Waals surface area contributed by atoms with Crippen molar-refractivity contribution < 1.29 is 4.39 Å². The van der Waals surface area contributed by atoms with E-state index in [1.54, 1.807) is 6.07 Å². The molecule has 0 aliphatic heterocycles. The van der Waals surface area contributed by atoms with Gasteiger partial charge < -0.3 is 5.32 Å². The fourth-order valence-corrected chi connectivity index (χ4v) is 3.08. The van der Waals surface area contributed by atoms with Crippen LogP contribution in [0.3, 0.4) is 0 Å². The summed E-state index contributed by atoms with van der Waals surface area (Å²) in [6.07, 6.45) is 0. The molecule has 112 valence electrons. The number of hydrogen-bond donors (Lipinski definition) is 1. The zero-order valence-corrected chi connectivity index (χ0v) is 13.5. The third-order valence-corrected chi connectivity index (χ3v) is 3.95. The van der Waals surface area contributed by atoms with Gasteiger partial charge in [-0.25, -0.2) is 4.39 Å². The lowest BCUT2D eigenvalue weighted by molar-refractivity contribution is 0.604. The Morgan fingerprint density at radius 2 is 1.57 bits per heavy atom. The van der Waals surface area contributed by atoms with Crippen molar-refractivity contribution in [2.75, 3.05) is 6.54 Å². The summed E-state index contributed by atoms with van der Waals surface area (Å²) in [7, 11) is 0. The van der Waals surface area contributed by atoms with E-state index in [1.165, 1.54) is 22.3 Å². The molecule has 2 aromatic carbocycles. The van der Waals surface area contributed by atoms with Gasteiger partial charge in [0.05, 0.1) is 6.04 Å². The smallest absolute Gasteiger partial charge is 0.126 e. The van der Waals surface area contributed by atoms with Crippen LogP contribution in [0, 0.1) is 33.5 Å². The Labute approximate surface area is 127 Å². The first-order chi connectivity index (χ1) is 9.93. The Morgan fingerprint density at radius 3 is 2.10 bits per heavy atom. The van der Waals surface area contributed by atoms with E-state index in [1.807, 2.05) is 19.1 Å². The van der Waals surface area contributed by atoms with Gasteiger partial charge in [0.25, 0.3) is 0 Å². The Morgan fingerprint density at radius 1 is 0.952 bits per heavy atom. The van der Waals surface area contributed by atoms with E-state index in [-0.39, 0.29) is 11.9 Å². The highest BCUT2D eigenvalue weighted by molar-refractivity contribution is 5.44. The first-order valence-electron chi connectivity index (χ1n) is 7.51. The Bertz CT molecular complexity index is 623. The molecule has 1 unspecified atom stereocenters. The van der Waals surface area contributed by atoms with Crippen molar-refractivity contribution in [1.29, 1.82) is 0 Å². The van der Waals surface area contributed by atoms with Gasteiger partial charge >= 0.3 is 0 Å². The van der Waals surface area contributed by atoms with Crippen molar-refractivity contribution >= 4 is 0 Å². The molecule has 21 heavy (non-hydrogen) atoms. The number of nitrogens with one attached hydrogen (secondary N) is 1. The molecule has 0 fully saturated rings. The molecule has 1 nitrogen and oxygen atoms in total. The summed E-state index contributed by atoms with van der Waals surface area (Å²) in [4.78, 5) is 0. The van der Waals surface area contributed by atoms with Crippen molar-refractivity contribution in [2.24, 2.45) is 0 Å². The Hall–Kier alpha value is -1.67. The summed E-state index contributed by atoms with van der Waals surface area (Å²) in [5.74, 6) is -0.147. The average Bonchev–Trinajstić information content (AvgIpc) is 2.40. The van der Waals surface area contributed by atoms with Gasteiger partial charge in [0.15, 0.2) is 0 Å². The molecule has 0 aliphatic rings. The van der Waals surface area contributed by atoms with E-state index in [0.717, 1.165) is 12.1 Å². The molecule has 0 saturated heterocycles. The van der Waals surface area contributed by atoms with Crippen LogP contribution in [0.2, 0.25) is 0 Å². The molecule has 0 saturated carbocycles. The van der Waals surface area contributed by atoms with Gasteiger partial charge in [0, 0.05) is 0 Å². The molecule has 0 bridgehead atoms. The quantitative estimate of drug-likeness (QED) is 0.854. The lowest BCUT2D eigenvalue weighted by atomic mass is 9.89. The van der Waals surface area contributed by atoms with Crippen LogP contribution in [-0.4, -0.2) is 6.54 Å². The summed E-state index contributed by atoms with van der Waals surface area (Å²) in [5, 5.41) is 3.54. The van der Waals surface area contributed by atoms with Crippen LogP contribution in [0.5, 0.6) is 0 Å². The van der Waals surface area contributed by atoms with Crippen molar-refractivity contribution in [3.05, 3.63) is 69.5 Å². The molecule has 0 aromatic heterocycles. The second-order valence-corrected chi connectivity index (χ2v) is 5.81. The number of halogens is 1. The molecule has 0 spiro atoms. The molecule has 2 rings (SSSR count). The minimum absolute atomic E-state index is 0.106. The number of hydrogen-bond acceptors (Lipinski definition) is 1. The van der Waals surface area contributed by atoms with Gasteiger partial charge in [-0.05, 0) is 68.1 Å². The lowest BCUT2D eigenvalue weighted by Crippen LogP contribution is -2.24. The predicted molar refractivity (Wildman–Crippen MR) is 87.3 cm³/mol. The maximum absolute atomic E-state index is 13.5. The highest BCUT2D eigenvalue weighted by Crippen LogP contribution is 2.29. The van der Waals surface area contributed by atoms with E-state index >= 15 is 0 Å². The SMILES string of the molecule is CCNC(c1ccc(F)c(C)c1)c1c(C)cc(C)cc1C. The van der Waals surface area contributed by atoms with E-state index in [9.17, 15) is 4.39 Å².